The van der Waals surface area contributed by atoms with Crippen LogP contribution in [0.15, 0.2) is 36.4 Å². The topological polar surface area (TPSA) is 83.1 Å². The summed E-state index contributed by atoms with van der Waals surface area (Å²) in [6, 6.07) is 8.67. The minimum atomic E-state index is -1.13. The third-order valence-corrected chi connectivity index (χ3v) is 3.86. The zero-order chi connectivity index (χ0) is 19.4. The second-order valence-electron chi connectivity index (χ2n) is 5.74. The third kappa shape index (κ3) is 4.28. The number of nitrogens with one attached hydrogen (secondary N) is 1. The molecule has 2 aromatic carbocycles. The lowest BCUT2D eigenvalue weighted by Gasteiger charge is -2.19. The fraction of sp³-hybridized carbons (Fsp3) is 0.263. The average molecular weight is 375 g/mol. The van der Waals surface area contributed by atoms with Gasteiger partial charge >= 0.3 is 5.97 Å². The number of methoxy groups -OCH3 is 1. The van der Waals surface area contributed by atoms with Crippen LogP contribution in [0.3, 0.4) is 0 Å². The summed E-state index contributed by atoms with van der Waals surface area (Å²) in [5.41, 5.74) is 0.178. The maximum absolute atomic E-state index is 13.9. The van der Waals surface area contributed by atoms with Crippen LogP contribution in [0.4, 0.5) is 10.1 Å². The van der Waals surface area contributed by atoms with E-state index >= 15 is 0 Å². The fourth-order valence-electron chi connectivity index (χ4n) is 2.43. The van der Waals surface area contributed by atoms with Gasteiger partial charge < -0.3 is 24.3 Å². The molecule has 0 aliphatic carbocycles. The number of hydrogen-bond donors (Lipinski definition) is 1. The molecule has 0 saturated carbocycles. The SMILES string of the molecule is COc1ccc(C(=O)O[C@@H](C)C(=O)Nc2ccc3c(c2)OCCO3)c(F)c1. The Balaban J connectivity index is 1.63. The Bertz CT molecular complexity index is 869. The van der Waals surface area contributed by atoms with Crippen molar-refractivity contribution in [2.24, 2.45) is 0 Å². The molecule has 1 aliphatic rings. The van der Waals surface area contributed by atoms with Crippen LogP contribution in [-0.2, 0) is 9.53 Å². The van der Waals surface area contributed by atoms with Crippen LogP contribution in [0, 0.1) is 5.82 Å². The van der Waals surface area contributed by atoms with Crippen molar-refractivity contribution in [3.05, 3.63) is 47.8 Å². The maximum atomic E-state index is 13.9. The molecule has 7 nitrogen and oxygen atoms in total. The summed E-state index contributed by atoms with van der Waals surface area (Å²) >= 11 is 0. The van der Waals surface area contributed by atoms with Crippen molar-refractivity contribution in [1.29, 1.82) is 0 Å². The summed E-state index contributed by atoms with van der Waals surface area (Å²) < 4.78 is 34.7. The molecule has 3 rings (SSSR count). The number of carbonyl (C=O) groups excluding carboxylic acids is 2. The van der Waals surface area contributed by atoms with Gasteiger partial charge in [-0.2, -0.15) is 0 Å². The molecule has 0 fully saturated rings. The Morgan fingerprint density at radius 2 is 1.85 bits per heavy atom. The molecular weight excluding hydrogens is 357 g/mol. The lowest BCUT2D eigenvalue weighted by Crippen LogP contribution is -2.30. The smallest absolute Gasteiger partial charge is 0.341 e. The van der Waals surface area contributed by atoms with Gasteiger partial charge in [-0.25, -0.2) is 9.18 Å². The Morgan fingerprint density at radius 3 is 2.56 bits per heavy atom. The lowest BCUT2D eigenvalue weighted by molar-refractivity contribution is -0.123. The first-order valence-corrected chi connectivity index (χ1v) is 8.23. The summed E-state index contributed by atoms with van der Waals surface area (Å²) in [5.74, 6) is -0.918. The first kappa shape index (κ1) is 18.5. The summed E-state index contributed by atoms with van der Waals surface area (Å²) in [7, 11) is 1.39. The summed E-state index contributed by atoms with van der Waals surface area (Å²) in [6.07, 6.45) is -1.13. The van der Waals surface area contributed by atoms with Gasteiger partial charge in [0.15, 0.2) is 17.6 Å². The van der Waals surface area contributed by atoms with Crippen molar-refractivity contribution >= 4 is 17.6 Å². The molecule has 1 N–H and O–H groups in total. The standard InChI is InChI=1S/C19H18FNO6/c1-11(27-19(23)14-5-4-13(24-2)10-15(14)20)18(22)21-12-3-6-16-17(9-12)26-8-7-25-16/h3-6,9-11H,7-8H2,1-2H3,(H,21,22)/t11-/m0/s1. The number of ether oxygens (including phenoxy) is 4. The predicted octanol–water partition coefficient (Wildman–Crippen LogP) is 2.79. The molecular formula is C19H18FNO6. The molecule has 0 spiro atoms. The number of benzene rings is 2. The molecule has 0 aromatic heterocycles. The van der Waals surface area contributed by atoms with Crippen molar-refractivity contribution < 1.29 is 32.9 Å². The van der Waals surface area contributed by atoms with Crippen LogP contribution in [-0.4, -0.2) is 38.3 Å². The zero-order valence-electron chi connectivity index (χ0n) is 14.8. The van der Waals surface area contributed by atoms with Gasteiger partial charge in [0.05, 0.1) is 12.7 Å². The van der Waals surface area contributed by atoms with E-state index in [0.717, 1.165) is 6.07 Å². The largest absolute Gasteiger partial charge is 0.497 e. The van der Waals surface area contributed by atoms with E-state index in [0.29, 0.717) is 30.4 Å². The molecule has 0 unspecified atom stereocenters. The van der Waals surface area contributed by atoms with E-state index in [1.807, 2.05) is 0 Å². The monoisotopic (exact) mass is 375 g/mol. The van der Waals surface area contributed by atoms with E-state index in [1.165, 1.54) is 26.2 Å². The number of halogens is 1. The minimum Gasteiger partial charge on any atom is -0.497 e. The number of esters is 1. The molecule has 0 radical (unpaired) electrons. The van der Waals surface area contributed by atoms with Gasteiger partial charge in [0.2, 0.25) is 0 Å². The molecule has 1 amide bonds. The van der Waals surface area contributed by atoms with Gasteiger partial charge in [-0.3, -0.25) is 4.79 Å². The predicted molar refractivity (Wildman–Crippen MR) is 93.9 cm³/mol. The highest BCUT2D eigenvalue weighted by atomic mass is 19.1. The van der Waals surface area contributed by atoms with Crippen molar-refractivity contribution in [3.8, 4) is 17.2 Å². The molecule has 1 heterocycles. The van der Waals surface area contributed by atoms with E-state index in [9.17, 15) is 14.0 Å². The number of amides is 1. The van der Waals surface area contributed by atoms with Gasteiger partial charge in [-0.05, 0) is 31.2 Å². The van der Waals surface area contributed by atoms with Crippen LogP contribution in [0.5, 0.6) is 17.2 Å². The lowest BCUT2D eigenvalue weighted by atomic mass is 10.2. The third-order valence-electron chi connectivity index (χ3n) is 3.86. The molecule has 27 heavy (non-hydrogen) atoms. The number of hydrogen-bond acceptors (Lipinski definition) is 6. The highest BCUT2D eigenvalue weighted by molar-refractivity contribution is 5.97. The normalized spacial score (nSPS) is 13.4. The molecule has 1 atom stereocenters. The van der Waals surface area contributed by atoms with Crippen molar-refractivity contribution in [1.82, 2.24) is 0 Å². The van der Waals surface area contributed by atoms with Gasteiger partial charge in [0, 0.05) is 17.8 Å². The van der Waals surface area contributed by atoms with Gasteiger partial charge in [-0.15, -0.1) is 0 Å². The first-order valence-electron chi connectivity index (χ1n) is 8.23. The average Bonchev–Trinajstić information content (AvgIpc) is 2.67. The summed E-state index contributed by atoms with van der Waals surface area (Å²) in [6.45, 7) is 2.28. The Hall–Kier alpha value is -3.29. The molecule has 0 saturated heterocycles. The quantitative estimate of drug-likeness (QED) is 0.809. The van der Waals surface area contributed by atoms with Crippen molar-refractivity contribution in [3.63, 3.8) is 0 Å². The van der Waals surface area contributed by atoms with Crippen molar-refractivity contribution in [2.75, 3.05) is 25.6 Å². The highest BCUT2D eigenvalue weighted by Gasteiger charge is 2.22. The van der Waals surface area contributed by atoms with E-state index in [2.05, 4.69) is 5.32 Å². The van der Waals surface area contributed by atoms with Gasteiger partial charge in [0.25, 0.3) is 5.91 Å². The summed E-state index contributed by atoms with van der Waals surface area (Å²) in [4.78, 5) is 24.4. The Labute approximate surface area is 155 Å². The van der Waals surface area contributed by atoms with Crippen LogP contribution >= 0.6 is 0 Å². The molecule has 0 bridgehead atoms. The zero-order valence-corrected chi connectivity index (χ0v) is 14.8. The highest BCUT2D eigenvalue weighted by Crippen LogP contribution is 2.32. The fourth-order valence-corrected chi connectivity index (χ4v) is 2.43. The Morgan fingerprint density at radius 1 is 1.11 bits per heavy atom. The van der Waals surface area contributed by atoms with Crippen LogP contribution in [0.2, 0.25) is 0 Å². The van der Waals surface area contributed by atoms with Crippen LogP contribution in [0.1, 0.15) is 17.3 Å². The first-order chi connectivity index (χ1) is 13.0. The number of rotatable bonds is 5. The van der Waals surface area contributed by atoms with E-state index in [4.69, 9.17) is 18.9 Å². The van der Waals surface area contributed by atoms with E-state index in [1.54, 1.807) is 18.2 Å². The second-order valence-corrected chi connectivity index (χ2v) is 5.74. The number of fused-ring (bicyclic) bond motifs is 1. The molecule has 142 valence electrons. The molecule has 8 heteroatoms. The van der Waals surface area contributed by atoms with Crippen LogP contribution < -0.4 is 19.5 Å². The number of carbonyl (C=O) groups is 2. The van der Waals surface area contributed by atoms with Crippen LogP contribution in [0.25, 0.3) is 0 Å². The molecule has 1 aliphatic heterocycles. The molecule has 2 aromatic rings. The van der Waals surface area contributed by atoms with E-state index in [-0.39, 0.29) is 11.3 Å². The van der Waals surface area contributed by atoms with E-state index < -0.39 is 23.8 Å². The number of anilines is 1. The second kappa shape index (κ2) is 7.94. The van der Waals surface area contributed by atoms with Gasteiger partial charge in [0.1, 0.15) is 24.8 Å². The van der Waals surface area contributed by atoms with Crippen molar-refractivity contribution in [2.45, 2.75) is 13.0 Å². The summed E-state index contributed by atoms with van der Waals surface area (Å²) in [5, 5.41) is 2.62. The minimum absolute atomic E-state index is 0.272. The Kier molecular flexibility index (Phi) is 5.44. The maximum Gasteiger partial charge on any atom is 0.341 e. The van der Waals surface area contributed by atoms with Gasteiger partial charge in [-0.1, -0.05) is 0 Å².